The van der Waals surface area contributed by atoms with E-state index in [1.54, 1.807) is 25.2 Å². The third-order valence-electron chi connectivity index (χ3n) is 2.39. The highest BCUT2D eigenvalue weighted by Crippen LogP contribution is 2.22. The quantitative estimate of drug-likeness (QED) is 0.458. The van der Waals surface area contributed by atoms with Gasteiger partial charge in [-0.15, -0.1) is 0 Å². The van der Waals surface area contributed by atoms with Crippen molar-refractivity contribution in [1.82, 2.24) is 9.78 Å². The van der Waals surface area contributed by atoms with Gasteiger partial charge in [0, 0.05) is 24.7 Å². The largest absolute Gasteiger partial charge is 0.296 e. The summed E-state index contributed by atoms with van der Waals surface area (Å²) in [6, 6.07) is 7.72. The van der Waals surface area contributed by atoms with Gasteiger partial charge in [-0.05, 0) is 6.07 Å². The fraction of sp³-hybridized carbons (Fsp3) is 0.0909. The summed E-state index contributed by atoms with van der Waals surface area (Å²) in [6.45, 7) is 0. The highest BCUT2D eigenvalue weighted by molar-refractivity contribution is 5.76. The molecule has 2 aromatic rings. The molecule has 1 heterocycles. The molecule has 0 saturated heterocycles. The molecular weight excluding hydrogens is 222 g/mol. The molecule has 1 aromatic carbocycles. The standard InChI is InChI=1S/C11H9N3O3/c1-13-10(7-15)6-11(12-13)8-3-2-4-9(5-8)14(16)17/h2-7H,1H3. The van der Waals surface area contributed by atoms with E-state index >= 15 is 0 Å². The molecule has 17 heavy (non-hydrogen) atoms. The number of hydrogen-bond donors (Lipinski definition) is 0. The van der Waals surface area contributed by atoms with Gasteiger partial charge in [-0.2, -0.15) is 5.10 Å². The van der Waals surface area contributed by atoms with Gasteiger partial charge in [-0.1, -0.05) is 12.1 Å². The van der Waals surface area contributed by atoms with Gasteiger partial charge in [0.15, 0.2) is 6.29 Å². The SMILES string of the molecule is Cn1nc(-c2cccc([N+](=O)[O-])c2)cc1C=O. The van der Waals surface area contributed by atoms with Crippen LogP contribution in [-0.4, -0.2) is 21.0 Å². The summed E-state index contributed by atoms with van der Waals surface area (Å²) in [4.78, 5) is 20.8. The van der Waals surface area contributed by atoms with Gasteiger partial charge in [-0.25, -0.2) is 0 Å². The predicted molar refractivity (Wildman–Crippen MR) is 60.7 cm³/mol. The number of benzene rings is 1. The van der Waals surface area contributed by atoms with Crippen LogP contribution < -0.4 is 0 Å². The minimum absolute atomic E-state index is 0.000746. The smallest absolute Gasteiger partial charge is 0.270 e. The third kappa shape index (κ3) is 2.05. The highest BCUT2D eigenvalue weighted by atomic mass is 16.6. The van der Waals surface area contributed by atoms with Gasteiger partial charge in [0.05, 0.1) is 10.6 Å². The number of aromatic nitrogens is 2. The van der Waals surface area contributed by atoms with Gasteiger partial charge >= 0.3 is 0 Å². The number of nitrogens with zero attached hydrogens (tertiary/aromatic N) is 3. The van der Waals surface area contributed by atoms with E-state index in [4.69, 9.17) is 0 Å². The van der Waals surface area contributed by atoms with Crippen LogP contribution >= 0.6 is 0 Å². The van der Waals surface area contributed by atoms with Crippen molar-refractivity contribution >= 4 is 12.0 Å². The van der Waals surface area contributed by atoms with Gasteiger partial charge < -0.3 is 0 Å². The van der Waals surface area contributed by atoms with E-state index in [9.17, 15) is 14.9 Å². The molecule has 0 spiro atoms. The molecule has 6 nitrogen and oxygen atoms in total. The normalized spacial score (nSPS) is 10.2. The van der Waals surface area contributed by atoms with Crippen molar-refractivity contribution in [3.05, 3.63) is 46.1 Å². The maximum Gasteiger partial charge on any atom is 0.270 e. The molecule has 0 fully saturated rings. The second-order valence-electron chi connectivity index (χ2n) is 3.50. The Morgan fingerprint density at radius 3 is 2.76 bits per heavy atom. The fourth-order valence-electron chi connectivity index (χ4n) is 1.51. The Balaban J connectivity index is 2.48. The Morgan fingerprint density at radius 1 is 1.41 bits per heavy atom. The maximum atomic E-state index is 10.7. The Bertz CT molecular complexity index is 589. The summed E-state index contributed by atoms with van der Waals surface area (Å²) in [5.41, 5.74) is 1.58. The molecule has 0 amide bonds. The summed E-state index contributed by atoms with van der Waals surface area (Å²) in [6.07, 6.45) is 0.688. The summed E-state index contributed by atoms with van der Waals surface area (Å²) in [5.74, 6) is 0. The zero-order valence-corrected chi connectivity index (χ0v) is 9.03. The molecule has 1 aromatic heterocycles. The topological polar surface area (TPSA) is 78.0 Å². The van der Waals surface area contributed by atoms with Gasteiger partial charge in [-0.3, -0.25) is 19.6 Å². The lowest BCUT2D eigenvalue weighted by atomic mass is 10.1. The lowest BCUT2D eigenvalue weighted by Gasteiger charge is -1.96. The van der Waals surface area contributed by atoms with E-state index in [-0.39, 0.29) is 5.69 Å². The van der Waals surface area contributed by atoms with Crippen LogP contribution in [0.25, 0.3) is 11.3 Å². The van der Waals surface area contributed by atoms with Crippen LogP contribution in [0.3, 0.4) is 0 Å². The maximum absolute atomic E-state index is 10.7. The first-order chi connectivity index (χ1) is 8.11. The molecule has 0 unspecified atom stereocenters. The molecule has 6 heteroatoms. The second kappa shape index (κ2) is 4.17. The van der Waals surface area contributed by atoms with Crippen molar-refractivity contribution in [1.29, 1.82) is 0 Å². The number of nitro groups is 1. The number of carbonyl (C=O) groups excluding carboxylic acids is 1. The van der Waals surface area contributed by atoms with Crippen LogP contribution in [0.5, 0.6) is 0 Å². The molecule has 2 rings (SSSR count). The average Bonchev–Trinajstić information content (AvgIpc) is 2.71. The van der Waals surface area contributed by atoms with Crippen LogP contribution in [0.1, 0.15) is 10.5 Å². The third-order valence-corrected chi connectivity index (χ3v) is 2.39. The summed E-state index contributed by atoms with van der Waals surface area (Å²) >= 11 is 0. The predicted octanol–water partition coefficient (Wildman–Crippen LogP) is 1.81. The highest BCUT2D eigenvalue weighted by Gasteiger charge is 2.10. The molecule has 0 bridgehead atoms. The molecule has 0 N–H and O–H groups in total. The number of aldehydes is 1. The van der Waals surface area contributed by atoms with Crippen molar-refractivity contribution in [2.45, 2.75) is 0 Å². The molecular formula is C11H9N3O3. The van der Waals surface area contributed by atoms with Gasteiger partial charge in [0.2, 0.25) is 0 Å². The minimum atomic E-state index is -0.465. The van der Waals surface area contributed by atoms with Crippen LogP contribution in [0.15, 0.2) is 30.3 Å². The second-order valence-corrected chi connectivity index (χ2v) is 3.50. The zero-order chi connectivity index (χ0) is 12.4. The molecule has 0 atom stereocenters. The lowest BCUT2D eigenvalue weighted by Crippen LogP contribution is -1.95. The monoisotopic (exact) mass is 231 g/mol. The van der Waals surface area contributed by atoms with E-state index in [1.165, 1.54) is 16.8 Å². The fourth-order valence-corrected chi connectivity index (χ4v) is 1.51. The molecule has 0 aliphatic rings. The Labute approximate surface area is 96.6 Å². The number of nitro benzene ring substituents is 1. The lowest BCUT2D eigenvalue weighted by molar-refractivity contribution is -0.384. The first kappa shape index (κ1) is 11.0. The van der Waals surface area contributed by atoms with E-state index in [0.29, 0.717) is 23.2 Å². The van der Waals surface area contributed by atoms with E-state index in [2.05, 4.69) is 5.10 Å². The molecule has 0 aliphatic carbocycles. The van der Waals surface area contributed by atoms with E-state index in [1.807, 2.05) is 0 Å². The van der Waals surface area contributed by atoms with Crippen molar-refractivity contribution in [2.24, 2.45) is 7.05 Å². The number of hydrogen-bond acceptors (Lipinski definition) is 4. The molecule has 0 saturated carbocycles. The number of carbonyl (C=O) groups is 1. The van der Waals surface area contributed by atoms with Gasteiger partial charge in [0.25, 0.3) is 5.69 Å². The first-order valence-corrected chi connectivity index (χ1v) is 4.86. The van der Waals surface area contributed by atoms with Crippen molar-refractivity contribution in [3.8, 4) is 11.3 Å². The van der Waals surface area contributed by atoms with Crippen molar-refractivity contribution in [2.75, 3.05) is 0 Å². The van der Waals surface area contributed by atoms with Crippen LogP contribution in [0.4, 0.5) is 5.69 Å². The Morgan fingerprint density at radius 2 is 2.18 bits per heavy atom. The van der Waals surface area contributed by atoms with Crippen LogP contribution in [0.2, 0.25) is 0 Å². The summed E-state index contributed by atoms with van der Waals surface area (Å²) < 4.78 is 1.43. The van der Waals surface area contributed by atoms with Crippen LogP contribution in [-0.2, 0) is 7.05 Å². The summed E-state index contributed by atoms with van der Waals surface area (Å²) in [5, 5.41) is 14.8. The van der Waals surface area contributed by atoms with Crippen molar-refractivity contribution in [3.63, 3.8) is 0 Å². The Hall–Kier alpha value is -2.50. The van der Waals surface area contributed by atoms with Crippen LogP contribution in [0, 0.1) is 10.1 Å². The van der Waals surface area contributed by atoms with E-state index < -0.39 is 4.92 Å². The van der Waals surface area contributed by atoms with Gasteiger partial charge in [0.1, 0.15) is 5.69 Å². The number of rotatable bonds is 3. The zero-order valence-electron chi connectivity index (χ0n) is 9.03. The molecule has 0 aliphatic heterocycles. The average molecular weight is 231 g/mol. The minimum Gasteiger partial charge on any atom is -0.296 e. The molecule has 86 valence electrons. The van der Waals surface area contributed by atoms with E-state index in [0.717, 1.165) is 0 Å². The number of aryl methyl sites for hydroxylation is 1. The summed E-state index contributed by atoms with van der Waals surface area (Å²) in [7, 11) is 1.64. The molecule has 0 radical (unpaired) electrons. The number of non-ortho nitro benzene ring substituents is 1. The Kier molecular flexibility index (Phi) is 2.70. The first-order valence-electron chi connectivity index (χ1n) is 4.86. The van der Waals surface area contributed by atoms with Crippen molar-refractivity contribution < 1.29 is 9.72 Å².